The fourth-order valence-electron chi connectivity index (χ4n) is 1.95. The third kappa shape index (κ3) is 8.74. The highest BCUT2D eigenvalue weighted by Gasteiger charge is 2.25. The first-order valence-electron chi connectivity index (χ1n) is 7.98. The van der Waals surface area contributed by atoms with Crippen molar-refractivity contribution in [2.24, 2.45) is 0 Å². The van der Waals surface area contributed by atoms with Crippen LogP contribution in [0.25, 0.3) is 0 Å². The quantitative estimate of drug-likeness (QED) is 0.600. The summed E-state index contributed by atoms with van der Waals surface area (Å²) in [6.45, 7) is 5.33. The third-order valence-electron chi connectivity index (χ3n) is 3.05. The summed E-state index contributed by atoms with van der Waals surface area (Å²) >= 11 is 0. The van der Waals surface area contributed by atoms with Crippen LogP contribution in [-0.2, 0) is 30.4 Å². The molecule has 0 aliphatic carbocycles. The van der Waals surface area contributed by atoms with Crippen molar-refractivity contribution in [1.82, 2.24) is 5.32 Å². The Kier molecular flexibility index (Phi) is 7.91. The standard InChI is InChI=1S/C18H25NO6/c1-18(2,3)25-15(20)11-10-14(16(21)23-4)19-17(22)24-12-13-8-6-5-7-9-13/h5-9,14H,10-12H2,1-4H3,(H,19,22)/t14-/m0/s1. The van der Waals surface area contributed by atoms with Gasteiger partial charge in [-0.05, 0) is 32.8 Å². The number of esters is 2. The molecule has 0 unspecified atom stereocenters. The number of hydrogen-bond donors (Lipinski definition) is 1. The number of carbonyl (C=O) groups is 3. The Labute approximate surface area is 147 Å². The molecule has 0 saturated carbocycles. The van der Waals surface area contributed by atoms with Gasteiger partial charge in [0.25, 0.3) is 0 Å². The molecule has 0 aromatic heterocycles. The van der Waals surface area contributed by atoms with Crippen molar-refractivity contribution in [2.75, 3.05) is 7.11 Å². The Morgan fingerprint density at radius 1 is 1.12 bits per heavy atom. The van der Waals surface area contributed by atoms with Crippen LogP contribution in [0.5, 0.6) is 0 Å². The maximum absolute atomic E-state index is 11.9. The first-order valence-corrected chi connectivity index (χ1v) is 7.98. The summed E-state index contributed by atoms with van der Waals surface area (Å²) < 4.78 is 14.9. The maximum Gasteiger partial charge on any atom is 0.408 e. The lowest BCUT2D eigenvalue weighted by Crippen LogP contribution is -2.42. The topological polar surface area (TPSA) is 90.9 Å². The van der Waals surface area contributed by atoms with Crippen molar-refractivity contribution < 1.29 is 28.6 Å². The van der Waals surface area contributed by atoms with Crippen LogP contribution < -0.4 is 5.32 Å². The van der Waals surface area contributed by atoms with E-state index in [4.69, 9.17) is 9.47 Å². The highest BCUT2D eigenvalue weighted by molar-refractivity contribution is 5.82. The number of nitrogens with one attached hydrogen (secondary N) is 1. The minimum absolute atomic E-state index is 0.0317. The molecule has 1 atom stereocenters. The normalized spacial score (nSPS) is 12.0. The van der Waals surface area contributed by atoms with E-state index in [-0.39, 0.29) is 19.4 Å². The first kappa shape index (κ1) is 20.5. The second-order valence-corrected chi connectivity index (χ2v) is 6.41. The average Bonchev–Trinajstić information content (AvgIpc) is 2.55. The Balaban J connectivity index is 2.50. The third-order valence-corrected chi connectivity index (χ3v) is 3.05. The van der Waals surface area contributed by atoms with Crippen molar-refractivity contribution in [3.63, 3.8) is 0 Å². The van der Waals surface area contributed by atoms with Gasteiger partial charge in [0.2, 0.25) is 0 Å². The molecule has 0 fully saturated rings. The minimum atomic E-state index is -0.985. The van der Waals surface area contributed by atoms with Crippen LogP contribution in [0.4, 0.5) is 4.79 Å². The molecule has 1 N–H and O–H groups in total. The zero-order valence-electron chi connectivity index (χ0n) is 15.0. The number of benzene rings is 1. The smallest absolute Gasteiger partial charge is 0.408 e. The molecule has 138 valence electrons. The van der Waals surface area contributed by atoms with Gasteiger partial charge in [-0.15, -0.1) is 0 Å². The Morgan fingerprint density at radius 3 is 2.32 bits per heavy atom. The number of methoxy groups -OCH3 is 1. The number of alkyl carbamates (subject to hydrolysis) is 1. The Hall–Kier alpha value is -2.57. The van der Waals surface area contributed by atoms with Crippen LogP contribution in [0.3, 0.4) is 0 Å². The molecule has 0 spiro atoms. The summed E-state index contributed by atoms with van der Waals surface area (Å²) in [6, 6.07) is 8.15. The fourth-order valence-corrected chi connectivity index (χ4v) is 1.95. The number of hydrogen-bond acceptors (Lipinski definition) is 6. The van der Waals surface area contributed by atoms with Gasteiger partial charge < -0.3 is 19.5 Å². The van der Waals surface area contributed by atoms with Crippen molar-refractivity contribution in [2.45, 2.75) is 51.9 Å². The Morgan fingerprint density at radius 2 is 1.76 bits per heavy atom. The first-order chi connectivity index (χ1) is 11.7. The van der Waals surface area contributed by atoms with E-state index < -0.39 is 29.7 Å². The molecule has 0 aliphatic heterocycles. The Bertz CT molecular complexity index is 579. The number of amides is 1. The molecule has 1 rings (SSSR count). The van der Waals surface area contributed by atoms with E-state index in [1.807, 2.05) is 30.3 Å². The molecule has 25 heavy (non-hydrogen) atoms. The van der Waals surface area contributed by atoms with Crippen molar-refractivity contribution in [1.29, 1.82) is 0 Å². The van der Waals surface area contributed by atoms with Crippen LogP contribution in [0, 0.1) is 0 Å². The van der Waals surface area contributed by atoms with Gasteiger partial charge in [-0.1, -0.05) is 30.3 Å². The van der Waals surface area contributed by atoms with Crippen LogP contribution in [0.15, 0.2) is 30.3 Å². The molecule has 1 amide bonds. The van der Waals surface area contributed by atoms with E-state index in [1.54, 1.807) is 20.8 Å². The SMILES string of the molecule is COC(=O)[C@H](CCC(=O)OC(C)(C)C)NC(=O)OCc1ccccc1. The monoisotopic (exact) mass is 351 g/mol. The predicted molar refractivity (Wildman–Crippen MR) is 90.6 cm³/mol. The number of rotatable bonds is 7. The van der Waals surface area contributed by atoms with Gasteiger partial charge in [-0.3, -0.25) is 4.79 Å². The highest BCUT2D eigenvalue weighted by Crippen LogP contribution is 2.11. The van der Waals surface area contributed by atoms with E-state index >= 15 is 0 Å². The molecule has 1 aromatic carbocycles. The van der Waals surface area contributed by atoms with Crippen LogP contribution in [0.1, 0.15) is 39.2 Å². The van der Waals surface area contributed by atoms with Gasteiger partial charge >= 0.3 is 18.0 Å². The highest BCUT2D eigenvalue weighted by atomic mass is 16.6. The molecule has 7 nitrogen and oxygen atoms in total. The summed E-state index contributed by atoms with van der Waals surface area (Å²) in [5, 5.41) is 2.41. The van der Waals surface area contributed by atoms with E-state index in [9.17, 15) is 14.4 Å². The minimum Gasteiger partial charge on any atom is -0.467 e. The zero-order chi connectivity index (χ0) is 18.9. The fraction of sp³-hybridized carbons (Fsp3) is 0.500. The number of ether oxygens (including phenoxy) is 3. The summed E-state index contributed by atoms with van der Waals surface area (Å²) in [4.78, 5) is 35.4. The average molecular weight is 351 g/mol. The molecule has 0 saturated heterocycles. The molecule has 0 radical (unpaired) electrons. The van der Waals surface area contributed by atoms with E-state index in [0.717, 1.165) is 5.56 Å². The molecule has 0 aliphatic rings. The lowest BCUT2D eigenvalue weighted by atomic mass is 10.1. The zero-order valence-corrected chi connectivity index (χ0v) is 15.0. The summed E-state index contributed by atoms with van der Waals surface area (Å²) in [6.07, 6.45) is -0.735. The van der Waals surface area contributed by atoms with Crippen LogP contribution >= 0.6 is 0 Å². The molecule has 7 heteroatoms. The van der Waals surface area contributed by atoms with Crippen molar-refractivity contribution >= 4 is 18.0 Å². The second kappa shape index (κ2) is 9.66. The summed E-state index contributed by atoms with van der Waals surface area (Å²) in [7, 11) is 1.21. The van der Waals surface area contributed by atoms with E-state index in [2.05, 4.69) is 10.1 Å². The van der Waals surface area contributed by atoms with Crippen LogP contribution in [0.2, 0.25) is 0 Å². The van der Waals surface area contributed by atoms with Gasteiger partial charge in [0.15, 0.2) is 0 Å². The van der Waals surface area contributed by atoms with Gasteiger partial charge in [0.05, 0.1) is 7.11 Å². The molecule has 1 aromatic rings. The van der Waals surface area contributed by atoms with Crippen molar-refractivity contribution in [3.05, 3.63) is 35.9 Å². The van der Waals surface area contributed by atoms with Gasteiger partial charge in [-0.25, -0.2) is 9.59 Å². The largest absolute Gasteiger partial charge is 0.467 e. The second-order valence-electron chi connectivity index (χ2n) is 6.41. The molecule has 0 bridgehead atoms. The molecular formula is C18H25NO6. The van der Waals surface area contributed by atoms with Crippen LogP contribution in [-0.4, -0.2) is 36.8 Å². The predicted octanol–water partition coefficient (Wildman–Crippen LogP) is 2.58. The van der Waals surface area contributed by atoms with E-state index in [0.29, 0.717) is 0 Å². The maximum atomic E-state index is 11.9. The summed E-state index contributed by atoms with van der Waals surface area (Å²) in [5.74, 6) is -1.11. The summed E-state index contributed by atoms with van der Waals surface area (Å²) in [5.41, 5.74) is 0.209. The van der Waals surface area contributed by atoms with Gasteiger partial charge in [0.1, 0.15) is 18.2 Å². The number of carbonyl (C=O) groups excluding carboxylic acids is 3. The lowest BCUT2D eigenvalue weighted by Gasteiger charge is -2.20. The van der Waals surface area contributed by atoms with Gasteiger partial charge in [0, 0.05) is 6.42 Å². The van der Waals surface area contributed by atoms with Gasteiger partial charge in [-0.2, -0.15) is 0 Å². The molecule has 0 heterocycles. The molecular weight excluding hydrogens is 326 g/mol. The van der Waals surface area contributed by atoms with E-state index in [1.165, 1.54) is 7.11 Å². The lowest BCUT2D eigenvalue weighted by molar-refractivity contribution is -0.155. The van der Waals surface area contributed by atoms with Crippen molar-refractivity contribution in [3.8, 4) is 0 Å².